The average Bonchev–Trinajstić information content (AvgIpc) is 3.44. The molecule has 0 aliphatic carbocycles. The molecule has 0 saturated carbocycles. The number of esters is 1. The third kappa shape index (κ3) is 10.1. The summed E-state index contributed by atoms with van der Waals surface area (Å²) in [4.78, 5) is 37.0. The number of hydrogen-bond acceptors (Lipinski definition) is 10. The molecule has 226 valence electrons. The van der Waals surface area contributed by atoms with Crippen LogP contribution in [0.15, 0.2) is 65.8 Å². The number of amides is 2. The number of nitrogens with zero attached hydrogens (tertiary/aromatic N) is 3. The normalized spacial score (nSPS) is 13.9. The van der Waals surface area contributed by atoms with Crippen LogP contribution in [0.4, 0.5) is 5.82 Å². The van der Waals surface area contributed by atoms with Crippen LogP contribution in [-0.2, 0) is 33.6 Å². The van der Waals surface area contributed by atoms with Gasteiger partial charge in [0, 0.05) is 0 Å². The summed E-state index contributed by atoms with van der Waals surface area (Å²) in [6.07, 6.45) is 3.75. The highest BCUT2D eigenvalue weighted by Crippen LogP contribution is 2.23. The minimum atomic E-state index is -0.454. The Morgan fingerprint density at radius 1 is 0.884 bits per heavy atom. The van der Waals surface area contributed by atoms with E-state index in [-0.39, 0.29) is 36.8 Å². The molecular weight excluding hydrogens is 568 g/mol. The van der Waals surface area contributed by atoms with Gasteiger partial charge in [0.15, 0.2) is 11.3 Å². The van der Waals surface area contributed by atoms with E-state index in [1.165, 1.54) is 11.8 Å². The molecule has 43 heavy (non-hydrogen) atoms. The number of unbranched alkanes of at least 4 members (excludes halogenated alkanes) is 1. The van der Waals surface area contributed by atoms with E-state index in [4.69, 9.17) is 9.47 Å². The Kier molecular flexibility index (Phi) is 11.9. The highest BCUT2D eigenvalue weighted by atomic mass is 32.2. The molecule has 0 radical (unpaired) electrons. The van der Waals surface area contributed by atoms with Crippen LogP contribution in [0.1, 0.15) is 60.3 Å². The van der Waals surface area contributed by atoms with Gasteiger partial charge in [-0.05, 0) is 74.9 Å². The van der Waals surface area contributed by atoms with Gasteiger partial charge in [-0.1, -0.05) is 48.2 Å². The van der Waals surface area contributed by atoms with Gasteiger partial charge in [-0.2, -0.15) is 10.2 Å². The van der Waals surface area contributed by atoms with Gasteiger partial charge in [0.1, 0.15) is 11.3 Å². The first-order valence-corrected chi connectivity index (χ1v) is 15.2. The Bertz CT molecular complexity index is 1420. The molecule has 12 heteroatoms. The van der Waals surface area contributed by atoms with Crippen LogP contribution in [0, 0.1) is 0 Å². The van der Waals surface area contributed by atoms with E-state index in [0.717, 1.165) is 47.5 Å². The molecule has 2 amide bonds. The van der Waals surface area contributed by atoms with Crippen LogP contribution in [0.3, 0.4) is 0 Å². The van der Waals surface area contributed by atoms with Crippen molar-refractivity contribution in [1.82, 2.24) is 20.9 Å². The number of hydrogen-bond donors (Lipinski definition) is 3. The summed E-state index contributed by atoms with van der Waals surface area (Å²) in [6, 6.07) is 18.2. The van der Waals surface area contributed by atoms with Gasteiger partial charge in [0.25, 0.3) is 0 Å². The predicted molar refractivity (Wildman–Crippen MR) is 166 cm³/mol. The second-order valence-corrected chi connectivity index (χ2v) is 10.9. The third-order valence-corrected chi connectivity index (χ3v) is 7.35. The van der Waals surface area contributed by atoms with Crippen molar-refractivity contribution >= 4 is 40.4 Å². The molecule has 2 heterocycles. The zero-order valence-corrected chi connectivity index (χ0v) is 25.1. The topological polar surface area (TPSA) is 144 Å². The number of rotatable bonds is 15. The number of carbonyl (C=O) groups is 3. The lowest BCUT2D eigenvalue weighted by atomic mass is 10.1. The Morgan fingerprint density at radius 2 is 1.67 bits per heavy atom. The van der Waals surface area contributed by atoms with Crippen molar-refractivity contribution in [1.29, 1.82) is 0 Å². The molecule has 1 unspecified atom stereocenters. The van der Waals surface area contributed by atoms with Crippen LogP contribution < -0.4 is 20.8 Å². The molecule has 0 bridgehead atoms. The molecule has 1 atom stereocenters. The second-order valence-electron chi connectivity index (χ2n) is 9.69. The Morgan fingerprint density at radius 3 is 2.42 bits per heavy atom. The number of anilines is 1. The number of ether oxygens (including phenoxy) is 2. The zero-order valence-electron chi connectivity index (χ0n) is 24.3. The maximum absolute atomic E-state index is 12.7. The van der Waals surface area contributed by atoms with Gasteiger partial charge >= 0.3 is 5.97 Å². The monoisotopic (exact) mass is 604 g/mol. The highest BCUT2D eigenvalue weighted by Gasteiger charge is 2.21. The molecule has 0 fully saturated rings. The van der Waals surface area contributed by atoms with Crippen LogP contribution in [0.5, 0.6) is 5.75 Å². The van der Waals surface area contributed by atoms with Crippen LogP contribution >= 0.6 is 11.8 Å². The summed E-state index contributed by atoms with van der Waals surface area (Å²) in [7, 11) is 0. The number of carbonyl (C=O) groups excluding carboxylic acids is 3. The fourth-order valence-corrected chi connectivity index (χ4v) is 5.25. The van der Waals surface area contributed by atoms with E-state index in [2.05, 4.69) is 31.4 Å². The standard InChI is InChI=1S/C31H36N6O5S/c1-3-41-25-18-22(14-16-24(25)30(40)42-4-2)20-28(39)33-31-37-36-29(43-31)13-9-8-12-23-15-17-26(35-34-23)32-27(38)19-21-10-6-5-7-11-21/h5-7,10-11,14-18,31,37H,3-4,8-9,12-13,19-20H2,1-2H3,(H,33,39)(H,32,35,38). The molecule has 2 aromatic carbocycles. The number of aromatic nitrogens is 2. The maximum atomic E-state index is 12.7. The Balaban J connectivity index is 1.13. The Hall–Kier alpha value is -4.45. The smallest absolute Gasteiger partial charge is 0.341 e. The van der Waals surface area contributed by atoms with E-state index < -0.39 is 5.97 Å². The number of benzene rings is 2. The van der Waals surface area contributed by atoms with Crippen molar-refractivity contribution in [3.8, 4) is 5.75 Å². The largest absolute Gasteiger partial charge is 0.493 e. The van der Waals surface area contributed by atoms with Gasteiger partial charge < -0.3 is 20.1 Å². The Labute approximate surface area is 255 Å². The molecule has 1 aromatic heterocycles. The van der Waals surface area contributed by atoms with Gasteiger partial charge in [-0.3, -0.25) is 15.0 Å². The molecule has 3 aromatic rings. The van der Waals surface area contributed by atoms with Crippen molar-refractivity contribution in [2.75, 3.05) is 18.5 Å². The first-order chi connectivity index (χ1) is 20.9. The third-order valence-electron chi connectivity index (χ3n) is 6.33. The van der Waals surface area contributed by atoms with Gasteiger partial charge in [0.2, 0.25) is 11.8 Å². The van der Waals surface area contributed by atoms with E-state index in [1.54, 1.807) is 31.2 Å². The summed E-state index contributed by atoms with van der Waals surface area (Å²) >= 11 is 1.48. The first kappa shape index (κ1) is 31.5. The van der Waals surface area contributed by atoms with Crippen molar-refractivity contribution in [3.63, 3.8) is 0 Å². The quantitative estimate of drug-likeness (QED) is 0.171. The van der Waals surface area contributed by atoms with Crippen LogP contribution in [0.25, 0.3) is 0 Å². The summed E-state index contributed by atoms with van der Waals surface area (Å²) < 4.78 is 10.7. The molecule has 11 nitrogen and oxygen atoms in total. The fraction of sp³-hybridized carbons (Fsp3) is 0.355. The SMILES string of the molecule is CCOC(=O)c1ccc(CC(=O)NC2NN=C(CCCCc3ccc(NC(=O)Cc4ccccc4)nn3)S2)cc1OCC. The first-order valence-electron chi connectivity index (χ1n) is 14.3. The van der Waals surface area contributed by atoms with Crippen molar-refractivity contribution in [2.24, 2.45) is 5.10 Å². The summed E-state index contributed by atoms with van der Waals surface area (Å²) in [6.45, 7) is 4.23. The van der Waals surface area contributed by atoms with E-state index in [1.807, 2.05) is 43.3 Å². The maximum Gasteiger partial charge on any atom is 0.341 e. The lowest BCUT2D eigenvalue weighted by Crippen LogP contribution is -2.39. The highest BCUT2D eigenvalue weighted by molar-refractivity contribution is 8.14. The van der Waals surface area contributed by atoms with Crippen molar-refractivity contribution in [2.45, 2.75) is 57.9 Å². The fourth-order valence-electron chi connectivity index (χ4n) is 4.32. The van der Waals surface area contributed by atoms with E-state index >= 15 is 0 Å². The van der Waals surface area contributed by atoms with E-state index in [9.17, 15) is 14.4 Å². The summed E-state index contributed by atoms with van der Waals surface area (Å²) in [5.74, 6) is 0.0727. The van der Waals surface area contributed by atoms with Gasteiger partial charge in [-0.15, -0.1) is 5.10 Å². The van der Waals surface area contributed by atoms with Crippen LogP contribution in [-0.4, -0.2) is 51.7 Å². The molecule has 4 rings (SSSR count). The molecule has 0 saturated heterocycles. The summed E-state index contributed by atoms with van der Waals surface area (Å²) in [5, 5.41) is 19.4. The molecular formula is C31H36N6O5S. The second kappa shape index (κ2) is 16.3. The molecule has 1 aliphatic rings. The minimum Gasteiger partial charge on any atom is -0.493 e. The average molecular weight is 605 g/mol. The number of hydrazone groups is 1. The van der Waals surface area contributed by atoms with E-state index in [0.29, 0.717) is 23.7 Å². The lowest BCUT2D eigenvalue weighted by molar-refractivity contribution is -0.120. The van der Waals surface area contributed by atoms with Crippen LogP contribution in [0.2, 0.25) is 0 Å². The number of aryl methyl sites for hydroxylation is 1. The minimum absolute atomic E-state index is 0.133. The summed E-state index contributed by atoms with van der Waals surface area (Å²) in [5.41, 5.74) is 5.48. The van der Waals surface area contributed by atoms with Crippen molar-refractivity contribution in [3.05, 3.63) is 83.0 Å². The lowest BCUT2D eigenvalue weighted by Gasteiger charge is -2.13. The number of nitrogens with one attached hydrogen (secondary N) is 3. The molecule has 0 spiro atoms. The van der Waals surface area contributed by atoms with Crippen molar-refractivity contribution < 1.29 is 23.9 Å². The zero-order chi connectivity index (χ0) is 30.4. The van der Waals surface area contributed by atoms with Gasteiger partial charge in [0.05, 0.1) is 36.8 Å². The number of thioether (sulfide) groups is 1. The molecule has 1 aliphatic heterocycles. The molecule has 3 N–H and O–H groups in total. The van der Waals surface area contributed by atoms with Gasteiger partial charge in [-0.25, -0.2) is 4.79 Å². The predicted octanol–water partition coefficient (Wildman–Crippen LogP) is 4.24.